The van der Waals surface area contributed by atoms with Crippen LogP contribution in [0.5, 0.6) is 11.5 Å². The van der Waals surface area contributed by atoms with Crippen molar-refractivity contribution in [1.29, 1.82) is 0 Å². The Morgan fingerprint density at radius 2 is 1.63 bits per heavy atom. The average Bonchev–Trinajstić information content (AvgIpc) is 3.18. The number of hydrogen-bond acceptors (Lipinski definition) is 6. The smallest absolute Gasteiger partial charge is 0.243 e. The van der Waals surface area contributed by atoms with E-state index in [-0.39, 0.29) is 41.8 Å². The fourth-order valence-electron chi connectivity index (χ4n) is 4.88. The van der Waals surface area contributed by atoms with E-state index < -0.39 is 10.0 Å². The SMILES string of the molecule is COc1cc(NC(=O)C2CCN(S(=O)(=O)c3ccc4c(c3)C[C@@H](C)N4C(C)=O)CC2)cc(OC)c1. The van der Waals surface area contributed by atoms with Gasteiger partial charge in [-0.25, -0.2) is 8.42 Å². The molecule has 2 aromatic carbocycles. The molecule has 2 aliphatic heterocycles. The molecular formula is C25H31N3O6S. The number of carbonyl (C=O) groups is 2. The molecule has 1 atom stereocenters. The number of rotatable bonds is 6. The van der Waals surface area contributed by atoms with Crippen LogP contribution in [0.15, 0.2) is 41.3 Å². The Labute approximate surface area is 206 Å². The van der Waals surface area contributed by atoms with Crippen molar-refractivity contribution in [1.82, 2.24) is 4.31 Å². The highest BCUT2D eigenvalue weighted by molar-refractivity contribution is 7.89. The summed E-state index contributed by atoms with van der Waals surface area (Å²) >= 11 is 0. The van der Waals surface area contributed by atoms with Crippen LogP contribution in [0.1, 0.15) is 32.3 Å². The summed E-state index contributed by atoms with van der Waals surface area (Å²) in [5.41, 5.74) is 2.19. The van der Waals surface area contributed by atoms with Crippen LogP contribution in [-0.4, -0.2) is 57.9 Å². The topological polar surface area (TPSA) is 105 Å². The summed E-state index contributed by atoms with van der Waals surface area (Å²) in [7, 11) is -0.621. The maximum Gasteiger partial charge on any atom is 0.243 e. The lowest BCUT2D eigenvalue weighted by Crippen LogP contribution is -2.41. The van der Waals surface area contributed by atoms with Crippen molar-refractivity contribution in [3.05, 3.63) is 42.0 Å². The first kappa shape index (κ1) is 25.0. The molecule has 1 fully saturated rings. The third-order valence-corrected chi connectivity index (χ3v) is 8.58. The largest absolute Gasteiger partial charge is 0.497 e. The van der Waals surface area contributed by atoms with Crippen molar-refractivity contribution in [2.45, 2.75) is 44.0 Å². The van der Waals surface area contributed by atoms with Gasteiger partial charge in [-0.3, -0.25) is 9.59 Å². The molecule has 4 rings (SSSR count). The minimum absolute atomic E-state index is 0.000683. The maximum atomic E-state index is 13.3. The molecule has 2 aromatic rings. The van der Waals surface area contributed by atoms with E-state index in [1.54, 1.807) is 41.3 Å². The number of amides is 2. The minimum atomic E-state index is -3.70. The Bertz CT molecular complexity index is 1220. The number of piperidine rings is 1. The van der Waals surface area contributed by atoms with Crippen LogP contribution < -0.4 is 19.7 Å². The predicted molar refractivity (Wildman–Crippen MR) is 132 cm³/mol. The molecule has 0 saturated carbocycles. The lowest BCUT2D eigenvalue weighted by Gasteiger charge is -2.30. The van der Waals surface area contributed by atoms with Gasteiger partial charge in [0.1, 0.15) is 11.5 Å². The van der Waals surface area contributed by atoms with E-state index in [1.807, 2.05) is 6.92 Å². The van der Waals surface area contributed by atoms with Crippen molar-refractivity contribution in [2.24, 2.45) is 5.92 Å². The Morgan fingerprint density at radius 3 is 2.20 bits per heavy atom. The first-order chi connectivity index (χ1) is 16.6. The average molecular weight is 502 g/mol. The van der Waals surface area contributed by atoms with Crippen LogP contribution in [0.25, 0.3) is 0 Å². The zero-order chi connectivity index (χ0) is 25.3. The first-order valence-electron chi connectivity index (χ1n) is 11.6. The van der Waals surface area contributed by atoms with Gasteiger partial charge in [0.05, 0.1) is 19.1 Å². The normalized spacial score (nSPS) is 18.7. The summed E-state index contributed by atoms with van der Waals surface area (Å²) in [4.78, 5) is 26.7. The number of hydrogen-bond donors (Lipinski definition) is 1. The highest BCUT2D eigenvalue weighted by Gasteiger charge is 2.34. The fraction of sp³-hybridized carbons (Fsp3) is 0.440. The Hall–Kier alpha value is -3.11. The Balaban J connectivity index is 1.42. The molecule has 9 nitrogen and oxygen atoms in total. The lowest BCUT2D eigenvalue weighted by atomic mass is 9.97. The molecule has 0 aromatic heterocycles. The minimum Gasteiger partial charge on any atom is -0.497 e. The van der Waals surface area contributed by atoms with Crippen molar-refractivity contribution in [3.8, 4) is 11.5 Å². The number of carbonyl (C=O) groups excluding carboxylic acids is 2. The van der Waals surface area contributed by atoms with Crippen molar-refractivity contribution < 1.29 is 27.5 Å². The molecule has 0 unspecified atom stereocenters. The lowest BCUT2D eigenvalue weighted by molar-refractivity contribution is -0.121. The molecule has 1 saturated heterocycles. The molecule has 35 heavy (non-hydrogen) atoms. The highest BCUT2D eigenvalue weighted by Crippen LogP contribution is 2.35. The number of ether oxygens (including phenoxy) is 2. The molecule has 0 radical (unpaired) electrons. The van der Waals surface area contributed by atoms with Gasteiger partial charge < -0.3 is 19.7 Å². The van der Waals surface area contributed by atoms with E-state index in [4.69, 9.17) is 9.47 Å². The summed E-state index contributed by atoms with van der Waals surface area (Å²) in [5, 5.41) is 2.89. The van der Waals surface area contributed by atoms with Crippen LogP contribution in [0.2, 0.25) is 0 Å². The fourth-order valence-corrected chi connectivity index (χ4v) is 6.40. The Kier molecular flexibility index (Phi) is 7.05. The van der Waals surface area contributed by atoms with Gasteiger partial charge in [0, 0.05) is 61.5 Å². The van der Waals surface area contributed by atoms with Crippen LogP contribution in [-0.2, 0) is 26.0 Å². The zero-order valence-electron chi connectivity index (χ0n) is 20.4. The standard InChI is InChI=1S/C25H31N3O6S/c1-16-11-19-12-23(5-6-24(19)28(16)17(2)29)35(31,32)27-9-7-18(8-10-27)25(30)26-20-13-21(33-3)15-22(14-20)34-4/h5-6,12-16,18H,7-11H2,1-4H3,(H,26,30)/t16-/m1/s1. The number of nitrogens with zero attached hydrogens (tertiary/aromatic N) is 2. The van der Waals surface area contributed by atoms with E-state index in [0.717, 1.165) is 11.3 Å². The maximum absolute atomic E-state index is 13.3. The summed E-state index contributed by atoms with van der Waals surface area (Å²) < 4.78 is 38.5. The second-order valence-electron chi connectivity index (χ2n) is 9.00. The van der Waals surface area contributed by atoms with Gasteiger partial charge >= 0.3 is 0 Å². The molecule has 0 spiro atoms. The highest BCUT2D eigenvalue weighted by atomic mass is 32.2. The quantitative estimate of drug-likeness (QED) is 0.652. The van der Waals surface area contributed by atoms with Crippen molar-refractivity contribution in [3.63, 3.8) is 0 Å². The van der Waals surface area contributed by atoms with Gasteiger partial charge in [-0.05, 0) is 49.9 Å². The van der Waals surface area contributed by atoms with Gasteiger partial charge in [0.15, 0.2) is 0 Å². The van der Waals surface area contributed by atoms with E-state index in [1.165, 1.54) is 25.4 Å². The number of benzene rings is 2. The summed E-state index contributed by atoms with van der Waals surface area (Å²) in [5.74, 6) is 0.614. The first-order valence-corrected chi connectivity index (χ1v) is 13.0. The van der Waals surface area contributed by atoms with Gasteiger partial charge in [-0.1, -0.05) is 0 Å². The second-order valence-corrected chi connectivity index (χ2v) is 10.9. The van der Waals surface area contributed by atoms with Crippen LogP contribution in [0.4, 0.5) is 11.4 Å². The van der Waals surface area contributed by atoms with Gasteiger partial charge in [0.25, 0.3) is 0 Å². The number of fused-ring (bicyclic) bond motifs is 1. The molecule has 2 aliphatic rings. The molecule has 10 heteroatoms. The zero-order valence-corrected chi connectivity index (χ0v) is 21.2. The van der Waals surface area contributed by atoms with Crippen molar-refractivity contribution in [2.75, 3.05) is 37.5 Å². The summed E-state index contributed by atoms with van der Waals surface area (Å²) in [6.45, 7) is 3.98. The number of sulfonamides is 1. The van der Waals surface area contributed by atoms with Crippen LogP contribution in [0, 0.1) is 5.92 Å². The monoisotopic (exact) mass is 501 g/mol. The summed E-state index contributed by atoms with van der Waals surface area (Å²) in [6, 6.07) is 10.1. The molecule has 0 bridgehead atoms. The molecule has 2 heterocycles. The third-order valence-electron chi connectivity index (χ3n) is 6.69. The third kappa shape index (κ3) is 4.99. The van der Waals surface area contributed by atoms with E-state index in [0.29, 0.717) is 36.4 Å². The molecule has 0 aliphatic carbocycles. The van der Waals surface area contributed by atoms with Crippen LogP contribution >= 0.6 is 0 Å². The van der Waals surface area contributed by atoms with Gasteiger partial charge in [-0.2, -0.15) is 4.31 Å². The van der Waals surface area contributed by atoms with E-state index in [2.05, 4.69) is 5.32 Å². The van der Waals surface area contributed by atoms with Gasteiger partial charge in [0.2, 0.25) is 21.8 Å². The van der Waals surface area contributed by atoms with Crippen molar-refractivity contribution >= 4 is 33.2 Å². The number of anilines is 2. The summed E-state index contributed by atoms with van der Waals surface area (Å²) in [6.07, 6.45) is 1.47. The van der Waals surface area contributed by atoms with Gasteiger partial charge in [-0.15, -0.1) is 0 Å². The number of nitrogens with one attached hydrogen (secondary N) is 1. The molecule has 1 N–H and O–H groups in total. The molecular weight excluding hydrogens is 470 g/mol. The second kappa shape index (κ2) is 9.87. The molecule has 2 amide bonds. The number of methoxy groups -OCH3 is 2. The molecule has 188 valence electrons. The van der Waals surface area contributed by atoms with Crippen LogP contribution in [0.3, 0.4) is 0 Å². The van der Waals surface area contributed by atoms with E-state index >= 15 is 0 Å². The predicted octanol–water partition coefficient (Wildman–Crippen LogP) is 3.04. The van der Waals surface area contributed by atoms with E-state index in [9.17, 15) is 18.0 Å². The Morgan fingerprint density at radius 1 is 1.00 bits per heavy atom.